The van der Waals surface area contributed by atoms with Gasteiger partial charge in [0.2, 0.25) is 5.76 Å². The summed E-state index contributed by atoms with van der Waals surface area (Å²) in [7, 11) is 0. The van der Waals surface area contributed by atoms with Crippen LogP contribution in [0.5, 0.6) is 0 Å². The molecule has 2 heterocycles. The summed E-state index contributed by atoms with van der Waals surface area (Å²) in [4.78, 5) is 20.3. The van der Waals surface area contributed by atoms with Crippen LogP contribution < -0.4 is 4.90 Å². The molecule has 0 spiro atoms. The van der Waals surface area contributed by atoms with Crippen LogP contribution in [0.15, 0.2) is 60.4 Å². The lowest BCUT2D eigenvalue weighted by molar-refractivity contribution is -0.117. The number of rotatable bonds is 2. The number of nitrogens with one attached hydrogen (secondary N) is 1. The molecule has 1 aromatic heterocycles. The first-order valence-corrected chi connectivity index (χ1v) is 7.17. The van der Waals surface area contributed by atoms with Gasteiger partial charge in [0, 0.05) is 11.3 Å². The maximum atomic E-state index is 14.5. The van der Waals surface area contributed by atoms with Crippen molar-refractivity contribution in [1.82, 2.24) is 9.97 Å². The van der Waals surface area contributed by atoms with Gasteiger partial charge in [-0.25, -0.2) is 13.8 Å². The van der Waals surface area contributed by atoms with Crippen molar-refractivity contribution in [2.24, 2.45) is 0 Å². The highest BCUT2D eigenvalue weighted by Crippen LogP contribution is 2.42. The monoisotopic (exact) mass is 327 g/mol. The van der Waals surface area contributed by atoms with Crippen molar-refractivity contribution in [1.29, 1.82) is 0 Å². The van der Waals surface area contributed by atoms with Crippen LogP contribution in [0, 0.1) is 5.82 Å². The smallest absolute Gasteiger partial charge is 0.296 e. The average molecular weight is 327 g/mol. The Morgan fingerprint density at radius 2 is 1.96 bits per heavy atom. The summed E-state index contributed by atoms with van der Waals surface area (Å²) in [6, 6.07) is 9.05. The van der Waals surface area contributed by atoms with Gasteiger partial charge in [-0.15, -0.1) is 0 Å². The molecular weight excluding hydrogens is 316 g/mol. The summed E-state index contributed by atoms with van der Waals surface area (Å²) in [6.45, 7) is 0. The first-order valence-electron chi connectivity index (χ1n) is 7.17. The molecule has 0 fully saturated rings. The van der Waals surface area contributed by atoms with Gasteiger partial charge in [0.1, 0.15) is 11.9 Å². The van der Waals surface area contributed by atoms with Crippen molar-refractivity contribution in [3.63, 3.8) is 0 Å². The predicted octanol–water partition coefficient (Wildman–Crippen LogP) is 3.53. The maximum Gasteiger partial charge on any atom is 0.296 e. The minimum Gasteiger partial charge on any atom is -0.501 e. The number of aliphatic hydroxyl groups excluding tert-OH is 1. The fraction of sp³-hybridized carbons (Fsp3) is 0.0588. The highest BCUT2D eigenvalue weighted by atomic mass is 19.1. The first-order chi connectivity index (χ1) is 11.6. The number of benzene rings is 2. The van der Waals surface area contributed by atoms with Crippen molar-refractivity contribution in [3.8, 4) is 0 Å². The summed E-state index contributed by atoms with van der Waals surface area (Å²) in [5.41, 5.74) is 1.60. The van der Waals surface area contributed by atoms with E-state index in [9.17, 15) is 18.7 Å². The molecule has 5 nitrogen and oxygen atoms in total. The topological polar surface area (TPSA) is 69.2 Å². The van der Waals surface area contributed by atoms with Gasteiger partial charge < -0.3 is 10.1 Å². The predicted molar refractivity (Wildman–Crippen MR) is 83.5 cm³/mol. The lowest BCUT2D eigenvalue weighted by Gasteiger charge is -2.25. The van der Waals surface area contributed by atoms with Gasteiger partial charge in [0.25, 0.3) is 5.91 Å². The van der Waals surface area contributed by atoms with Crippen LogP contribution in [0.4, 0.5) is 14.5 Å². The van der Waals surface area contributed by atoms with E-state index in [1.54, 1.807) is 24.3 Å². The number of anilines is 1. The van der Waals surface area contributed by atoms with Crippen molar-refractivity contribution in [2.75, 3.05) is 4.90 Å². The van der Waals surface area contributed by atoms with Gasteiger partial charge in [-0.3, -0.25) is 9.69 Å². The summed E-state index contributed by atoms with van der Waals surface area (Å²) in [6.07, 6.45) is 1.49. The summed E-state index contributed by atoms with van der Waals surface area (Å²) >= 11 is 0. The summed E-state index contributed by atoms with van der Waals surface area (Å²) < 4.78 is 28.6. The minimum atomic E-state index is -1.35. The molecule has 2 N–H and O–H groups in total. The molecule has 1 unspecified atom stereocenters. The van der Waals surface area contributed by atoms with Crippen molar-refractivity contribution in [3.05, 3.63) is 71.8 Å². The molecule has 0 saturated heterocycles. The van der Waals surface area contributed by atoms with E-state index in [1.807, 2.05) is 0 Å². The molecular formula is C17H11F2N3O2. The number of imidazole rings is 1. The Kier molecular flexibility index (Phi) is 3.09. The third-order valence-electron chi connectivity index (χ3n) is 4.03. The van der Waals surface area contributed by atoms with E-state index in [1.165, 1.54) is 24.5 Å². The fourth-order valence-electron chi connectivity index (χ4n) is 2.89. The normalized spacial score (nSPS) is 18.0. The number of amides is 1. The Bertz CT molecular complexity index is 996. The molecule has 7 heteroatoms. The van der Waals surface area contributed by atoms with Gasteiger partial charge >= 0.3 is 0 Å². The molecule has 24 heavy (non-hydrogen) atoms. The minimum absolute atomic E-state index is 0.0305. The third kappa shape index (κ3) is 1.98. The van der Waals surface area contributed by atoms with Crippen LogP contribution in [-0.4, -0.2) is 21.0 Å². The van der Waals surface area contributed by atoms with Crippen LogP contribution in [0.2, 0.25) is 0 Å². The van der Waals surface area contributed by atoms with E-state index in [4.69, 9.17) is 0 Å². The number of hydrogen-bond donors (Lipinski definition) is 2. The van der Waals surface area contributed by atoms with Crippen LogP contribution in [0.1, 0.15) is 11.6 Å². The molecule has 1 amide bonds. The zero-order valence-corrected chi connectivity index (χ0v) is 12.2. The Hall–Kier alpha value is -3.22. The molecule has 1 atom stereocenters. The Morgan fingerprint density at radius 3 is 2.75 bits per heavy atom. The van der Waals surface area contributed by atoms with Gasteiger partial charge in [0.15, 0.2) is 5.83 Å². The average Bonchev–Trinajstić information content (AvgIpc) is 3.13. The van der Waals surface area contributed by atoms with E-state index in [0.717, 1.165) is 4.90 Å². The largest absolute Gasteiger partial charge is 0.501 e. The zero-order valence-electron chi connectivity index (χ0n) is 12.2. The number of halogens is 2. The van der Waals surface area contributed by atoms with Gasteiger partial charge in [-0.1, -0.05) is 18.2 Å². The molecule has 4 rings (SSSR count). The maximum absolute atomic E-state index is 14.5. The molecule has 1 aliphatic heterocycles. The second kappa shape index (κ2) is 5.16. The number of aromatic nitrogens is 2. The second-order valence-corrected chi connectivity index (χ2v) is 5.40. The van der Waals surface area contributed by atoms with Crippen LogP contribution in [0.3, 0.4) is 0 Å². The van der Waals surface area contributed by atoms with E-state index in [2.05, 4.69) is 9.97 Å². The number of carbonyl (C=O) groups excluding carboxylic acids is 1. The number of H-pyrrole nitrogens is 1. The number of aromatic amines is 1. The summed E-state index contributed by atoms with van der Waals surface area (Å²) in [5, 5.41) is 9.76. The number of fused-ring (bicyclic) bond motifs is 1. The van der Waals surface area contributed by atoms with Crippen LogP contribution in [0.25, 0.3) is 11.0 Å². The molecule has 0 aliphatic carbocycles. The molecule has 0 bridgehead atoms. The highest BCUT2D eigenvalue weighted by molar-refractivity contribution is 6.08. The Morgan fingerprint density at radius 1 is 1.17 bits per heavy atom. The Balaban J connectivity index is 1.88. The highest BCUT2D eigenvalue weighted by Gasteiger charge is 2.43. The van der Waals surface area contributed by atoms with Crippen molar-refractivity contribution < 1.29 is 18.7 Å². The van der Waals surface area contributed by atoms with E-state index in [-0.39, 0.29) is 5.56 Å². The zero-order chi connectivity index (χ0) is 16.8. The van der Waals surface area contributed by atoms with E-state index in [0.29, 0.717) is 16.7 Å². The SMILES string of the molecule is O=C1C(O)=C(F)C(c2ccccc2F)N1c1ccc2nc[nH]c2c1. The molecule has 0 radical (unpaired) electrons. The van der Waals surface area contributed by atoms with E-state index >= 15 is 0 Å². The number of carbonyl (C=O) groups is 1. The second-order valence-electron chi connectivity index (χ2n) is 5.40. The van der Waals surface area contributed by atoms with E-state index < -0.39 is 29.4 Å². The third-order valence-corrected chi connectivity index (χ3v) is 4.03. The fourth-order valence-corrected chi connectivity index (χ4v) is 2.89. The van der Waals surface area contributed by atoms with Crippen molar-refractivity contribution in [2.45, 2.75) is 6.04 Å². The quantitative estimate of drug-likeness (QED) is 0.756. The van der Waals surface area contributed by atoms with Gasteiger partial charge in [0.05, 0.1) is 17.4 Å². The van der Waals surface area contributed by atoms with Gasteiger partial charge in [-0.05, 0) is 24.3 Å². The molecule has 1 aliphatic rings. The van der Waals surface area contributed by atoms with Crippen LogP contribution in [-0.2, 0) is 4.79 Å². The molecule has 120 valence electrons. The van der Waals surface area contributed by atoms with Crippen LogP contribution >= 0.6 is 0 Å². The number of nitrogens with zero attached hydrogens (tertiary/aromatic N) is 2. The van der Waals surface area contributed by atoms with Crippen molar-refractivity contribution >= 4 is 22.6 Å². The number of hydrogen-bond acceptors (Lipinski definition) is 3. The molecule has 2 aromatic carbocycles. The summed E-state index contributed by atoms with van der Waals surface area (Å²) in [5.74, 6) is -3.66. The lowest BCUT2D eigenvalue weighted by atomic mass is 10.0. The standard InChI is InChI=1S/C17H11F2N3O2/c18-11-4-2-1-3-10(11)15-14(19)16(23)17(24)22(15)9-5-6-12-13(7-9)21-8-20-12/h1-8,15,23H,(H,20,21). The first kappa shape index (κ1) is 14.4. The number of aliphatic hydroxyl groups is 1. The van der Waals surface area contributed by atoms with Gasteiger partial charge in [-0.2, -0.15) is 0 Å². The molecule has 0 saturated carbocycles. The Labute approximate surface area is 134 Å². The lowest BCUT2D eigenvalue weighted by Crippen LogP contribution is -2.30. The molecule has 3 aromatic rings.